The fraction of sp³-hybridized carbons (Fsp3) is 0.161. The van der Waals surface area contributed by atoms with E-state index in [1.807, 2.05) is 30.3 Å². The average Bonchev–Trinajstić information content (AvgIpc) is 2.87. The second-order valence-electron chi connectivity index (χ2n) is 9.04. The van der Waals surface area contributed by atoms with E-state index in [0.717, 1.165) is 39.6 Å². The zero-order chi connectivity index (χ0) is 24.6. The van der Waals surface area contributed by atoms with Gasteiger partial charge in [-0.15, -0.1) is 0 Å². The van der Waals surface area contributed by atoms with Crippen molar-refractivity contribution in [1.82, 2.24) is 5.32 Å². The first kappa shape index (κ1) is 23.1. The topological polar surface area (TPSA) is 12.0 Å². The van der Waals surface area contributed by atoms with Gasteiger partial charge in [0.25, 0.3) is 0 Å². The van der Waals surface area contributed by atoms with E-state index in [-0.39, 0.29) is 12.1 Å². The highest BCUT2D eigenvalue weighted by atomic mass is 19.4. The molecule has 1 N–H and O–H groups in total. The number of benzene rings is 5. The van der Waals surface area contributed by atoms with Crippen LogP contribution in [0.5, 0.6) is 0 Å². The molecule has 0 radical (unpaired) electrons. The Bertz CT molecular complexity index is 1480. The van der Waals surface area contributed by atoms with Crippen LogP contribution >= 0.6 is 0 Å². The van der Waals surface area contributed by atoms with Gasteiger partial charge in [0.15, 0.2) is 0 Å². The van der Waals surface area contributed by atoms with Crippen molar-refractivity contribution in [2.75, 3.05) is 0 Å². The summed E-state index contributed by atoms with van der Waals surface area (Å²) in [4.78, 5) is 0. The first-order valence-electron chi connectivity index (χ1n) is 11.8. The van der Waals surface area contributed by atoms with E-state index in [1.165, 1.54) is 16.3 Å². The van der Waals surface area contributed by atoms with Crippen molar-refractivity contribution in [1.29, 1.82) is 0 Å². The number of nitrogens with one attached hydrogen (secondary N) is 1. The van der Waals surface area contributed by atoms with Gasteiger partial charge in [-0.2, -0.15) is 13.2 Å². The minimum Gasteiger partial charge on any atom is -0.304 e. The fourth-order valence-electron chi connectivity index (χ4n) is 4.85. The van der Waals surface area contributed by atoms with E-state index in [0.29, 0.717) is 0 Å². The highest BCUT2D eigenvalue weighted by Gasteiger charge is 2.30. The lowest BCUT2D eigenvalue weighted by Crippen LogP contribution is -2.22. The van der Waals surface area contributed by atoms with Crippen LogP contribution in [-0.2, 0) is 6.18 Å². The molecule has 0 amide bonds. The van der Waals surface area contributed by atoms with Gasteiger partial charge in [0.2, 0.25) is 0 Å². The van der Waals surface area contributed by atoms with E-state index in [2.05, 4.69) is 67.7 Å². The molecule has 0 aromatic heterocycles. The lowest BCUT2D eigenvalue weighted by atomic mass is 9.92. The molecule has 0 saturated heterocycles. The number of rotatable bonds is 5. The summed E-state index contributed by atoms with van der Waals surface area (Å²) in [6.45, 7) is 4.29. The Morgan fingerprint density at radius 1 is 0.629 bits per heavy atom. The van der Waals surface area contributed by atoms with Crippen LogP contribution in [0.2, 0.25) is 0 Å². The lowest BCUT2D eigenvalue weighted by Gasteiger charge is -2.23. The summed E-state index contributed by atoms with van der Waals surface area (Å²) >= 11 is 0. The van der Waals surface area contributed by atoms with Crippen LogP contribution in [0.3, 0.4) is 0 Å². The molecular weight excluding hydrogens is 443 g/mol. The van der Waals surface area contributed by atoms with Crippen molar-refractivity contribution in [2.24, 2.45) is 0 Å². The molecule has 5 aromatic carbocycles. The van der Waals surface area contributed by atoms with Gasteiger partial charge in [0.1, 0.15) is 0 Å². The largest absolute Gasteiger partial charge is 0.416 e. The smallest absolute Gasteiger partial charge is 0.304 e. The van der Waals surface area contributed by atoms with Gasteiger partial charge in [-0.05, 0) is 81.9 Å². The minimum absolute atomic E-state index is 0.0294. The van der Waals surface area contributed by atoms with Gasteiger partial charge in [-0.25, -0.2) is 0 Å². The Balaban J connectivity index is 1.51. The zero-order valence-electron chi connectivity index (χ0n) is 19.6. The Morgan fingerprint density at radius 2 is 1.26 bits per heavy atom. The second-order valence-corrected chi connectivity index (χ2v) is 9.04. The molecule has 0 aliphatic rings. The van der Waals surface area contributed by atoms with Gasteiger partial charge < -0.3 is 5.32 Å². The third kappa shape index (κ3) is 4.67. The Morgan fingerprint density at radius 3 is 1.97 bits per heavy atom. The van der Waals surface area contributed by atoms with Crippen molar-refractivity contribution in [3.05, 3.63) is 120 Å². The zero-order valence-corrected chi connectivity index (χ0v) is 19.6. The second kappa shape index (κ2) is 9.20. The van der Waals surface area contributed by atoms with Crippen LogP contribution in [0, 0.1) is 0 Å². The van der Waals surface area contributed by atoms with Crippen LogP contribution in [0.4, 0.5) is 13.2 Å². The van der Waals surface area contributed by atoms with Crippen LogP contribution in [-0.4, -0.2) is 0 Å². The number of fused-ring (bicyclic) bond motifs is 2. The number of alkyl halides is 3. The molecule has 0 bridgehead atoms. The Labute approximate surface area is 203 Å². The maximum absolute atomic E-state index is 13.1. The maximum Gasteiger partial charge on any atom is 0.416 e. The summed E-state index contributed by atoms with van der Waals surface area (Å²) in [5, 5.41) is 8.25. The first-order chi connectivity index (χ1) is 16.8. The van der Waals surface area contributed by atoms with Gasteiger partial charge in [0, 0.05) is 12.1 Å². The Hall–Kier alpha value is -3.63. The first-order valence-corrected chi connectivity index (χ1v) is 11.8. The molecule has 176 valence electrons. The monoisotopic (exact) mass is 469 g/mol. The van der Waals surface area contributed by atoms with E-state index in [4.69, 9.17) is 0 Å². The van der Waals surface area contributed by atoms with Crippen LogP contribution in [0.25, 0.3) is 32.7 Å². The molecular formula is C31H26F3N. The molecule has 35 heavy (non-hydrogen) atoms. The molecule has 1 nitrogen and oxygen atoms in total. The molecule has 0 fully saturated rings. The normalized spacial score (nSPS) is 13.7. The van der Waals surface area contributed by atoms with Crippen molar-refractivity contribution in [3.8, 4) is 11.1 Å². The average molecular weight is 470 g/mol. The van der Waals surface area contributed by atoms with Crippen molar-refractivity contribution >= 4 is 21.5 Å². The summed E-state index contributed by atoms with van der Waals surface area (Å²) in [6.07, 6.45) is -4.35. The van der Waals surface area contributed by atoms with Crippen LogP contribution < -0.4 is 5.32 Å². The lowest BCUT2D eigenvalue weighted by molar-refractivity contribution is -0.137. The molecule has 2 atom stereocenters. The maximum atomic E-state index is 13.1. The van der Waals surface area contributed by atoms with E-state index in [9.17, 15) is 13.2 Å². The van der Waals surface area contributed by atoms with Crippen LogP contribution in [0.1, 0.15) is 42.6 Å². The summed E-state index contributed by atoms with van der Waals surface area (Å²) < 4.78 is 39.3. The highest BCUT2D eigenvalue weighted by Crippen LogP contribution is 2.36. The third-order valence-corrected chi connectivity index (χ3v) is 6.70. The predicted molar refractivity (Wildman–Crippen MR) is 138 cm³/mol. The van der Waals surface area contributed by atoms with Crippen molar-refractivity contribution < 1.29 is 13.2 Å². The Kier molecular flexibility index (Phi) is 6.08. The molecule has 1 unspecified atom stereocenters. The molecule has 0 heterocycles. The molecule has 5 aromatic rings. The minimum atomic E-state index is -4.35. The predicted octanol–water partition coefficient (Wildman–Crippen LogP) is 9.09. The van der Waals surface area contributed by atoms with Crippen molar-refractivity contribution in [3.63, 3.8) is 0 Å². The quantitative estimate of drug-likeness (QED) is 0.271. The highest BCUT2D eigenvalue weighted by molar-refractivity contribution is 5.97. The van der Waals surface area contributed by atoms with Gasteiger partial charge in [0.05, 0.1) is 5.56 Å². The molecule has 5 rings (SSSR count). The number of hydrogen-bond acceptors (Lipinski definition) is 1. The summed E-state index contributed by atoms with van der Waals surface area (Å²) in [5.74, 6) is 0. The van der Waals surface area contributed by atoms with Crippen molar-refractivity contribution in [2.45, 2.75) is 32.1 Å². The summed E-state index contributed by atoms with van der Waals surface area (Å²) in [6, 6.07) is 32.6. The molecule has 4 heteroatoms. The van der Waals surface area contributed by atoms with Gasteiger partial charge in [-0.1, -0.05) is 78.9 Å². The molecule has 0 saturated carbocycles. The van der Waals surface area contributed by atoms with E-state index in [1.54, 1.807) is 12.1 Å². The number of hydrogen-bond donors (Lipinski definition) is 1. The van der Waals surface area contributed by atoms with E-state index < -0.39 is 11.7 Å². The standard InChI is InChI=1S/C31H26F3N/c1-20(35-21(2)27-13-7-10-22-8-3-5-11-28(22)27)25-18-24-9-4-6-12-29(24)30(19-25)23-14-16-26(17-15-23)31(32,33)34/h3-21,35H,1-2H3/t20?,21-/m1/s1. The third-order valence-electron chi connectivity index (χ3n) is 6.70. The van der Waals surface area contributed by atoms with E-state index >= 15 is 0 Å². The molecule has 0 spiro atoms. The molecule has 0 aliphatic heterocycles. The molecule has 0 aliphatic carbocycles. The number of halogens is 3. The fourth-order valence-corrected chi connectivity index (χ4v) is 4.85. The summed E-state index contributed by atoms with van der Waals surface area (Å²) in [5.41, 5.74) is 3.38. The van der Waals surface area contributed by atoms with Crippen LogP contribution in [0.15, 0.2) is 103 Å². The SMILES string of the molecule is CC(N[C@H](C)c1cccc2ccccc12)c1cc(-c2ccc(C(F)(F)F)cc2)c2ccccc2c1. The van der Waals surface area contributed by atoms with Gasteiger partial charge in [-0.3, -0.25) is 0 Å². The summed E-state index contributed by atoms with van der Waals surface area (Å²) in [7, 11) is 0. The van der Waals surface area contributed by atoms with Gasteiger partial charge >= 0.3 is 6.18 Å².